The Labute approximate surface area is 125 Å². The summed E-state index contributed by atoms with van der Waals surface area (Å²) in [4.78, 5) is 11.5. The molecule has 1 aromatic carbocycles. The zero-order valence-electron chi connectivity index (χ0n) is 12.7. The maximum atomic E-state index is 11.5. The fourth-order valence-electron chi connectivity index (χ4n) is 3.83. The van der Waals surface area contributed by atoms with Crippen molar-refractivity contribution in [1.82, 2.24) is 5.32 Å². The molecule has 21 heavy (non-hydrogen) atoms. The first kappa shape index (κ1) is 14.5. The zero-order valence-corrected chi connectivity index (χ0v) is 12.7. The molecule has 0 aromatic heterocycles. The first-order valence-electron chi connectivity index (χ1n) is 7.75. The van der Waals surface area contributed by atoms with Gasteiger partial charge < -0.3 is 14.8 Å². The number of methoxy groups -OCH3 is 1. The molecule has 2 saturated heterocycles. The van der Waals surface area contributed by atoms with Crippen molar-refractivity contribution < 1.29 is 14.3 Å². The minimum atomic E-state index is -0.285. The molecule has 0 radical (unpaired) electrons. The number of piperidine rings is 1. The lowest BCUT2D eigenvalue weighted by Gasteiger charge is -2.39. The zero-order chi connectivity index (χ0) is 14.9. The van der Waals surface area contributed by atoms with E-state index in [1.165, 1.54) is 19.1 Å². The Hall–Kier alpha value is -1.39. The summed E-state index contributed by atoms with van der Waals surface area (Å²) in [5, 5.41) is 3.77. The van der Waals surface area contributed by atoms with Crippen LogP contribution in [0.1, 0.15) is 48.5 Å². The highest BCUT2D eigenvalue weighted by Crippen LogP contribution is 2.43. The Bertz CT molecular complexity index is 513. The molecular formula is C17H23NO3. The highest BCUT2D eigenvalue weighted by molar-refractivity contribution is 5.89. The second-order valence-corrected chi connectivity index (χ2v) is 6.05. The predicted octanol–water partition coefficient (Wildman–Crippen LogP) is 2.62. The van der Waals surface area contributed by atoms with Crippen LogP contribution in [0.4, 0.5) is 0 Å². The number of benzene rings is 1. The Kier molecular flexibility index (Phi) is 4.00. The van der Waals surface area contributed by atoms with Gasteiger partial charge in [0.15, 0.2) is 0 Å². The minimum absolute atomic E-state index is 0.0113. The molecule has 2 aliphatic rings. The van der Waals surface area contributed by atoms with Crippen molar-refractivity contribution in [2.75, 3.05) is 13.7 Å². The van der Waals surface area contributed by atoms with Crippen LogP contribution >= 0.6 is 0 Å². The maximum absolute atomic E-state index is 11.5. The molecule has 114 valence electrons. The van der Waals surface area contributed by atoms with E-state index in [-0.39, 0.29) is 11.5 Å². The molecule has 2 fully saturated rings. The summed E-state index contributed by atoms with van der Waals surface area (Å²) < 4.78 is 10.6. The normalized spacial score (nSPS) is 31.1. The van der Waals surface area contributed by atoms with Crippen molar-refractivity contribution in [3.8, 4) is 0 Å². The van der Waals surface area contributed by atoms with E-state index in [4.69, 9.17) is 9.47 Å². The Balaban J connectivity index is 1.83. The third-order valence-electron chi connectivity index (χ3n) is 4.78. The Morgan fingerprint density at radius 2 is 2.14 bits per heavy atom. The van der Waals surface area contributed by atoms with Crippen LogP contribution in [0.2, 0.25) is 0 Å². The van der Waals surface area contributed by atoms with Crippen LogP contribution < -0.4 is 5.32 Å². The third-order valence-corrected chi connectivity index (χ3v) is 4.78. The molecule has 0 amide bonds. The topological polar surface area (TPSA) is 47.6 Å². The lowest BCUT2D eigenvalue weighted by atomic mass is 9.82. The van der Waals surface area contributed by atoms with E-state index >= 15 is 0 Å². The monoisotopic (exact) mass is 289 g/mol. The standard InChI is InChI=1S/C17H23NO3/c1-3-21-15-10-14-8-9-17(11-15,18-14)13-6-4-12(5-7-13)16(19)20-2/h4-7,14-15,18H,3,8-11H2,1-2H3/t14-,15+,17+/m1/s1. The van der Waals surface area contributed by atoms with Gasteiger partial charge in [-0.3, -0.25) is 0 Å². The van der Waals surface area contributed by atoms with Crippen molar-refractivity contribution in [3.05, 3.63) is 35.4 Å². The summed E-state index contributed by atoms with van der Waals surface area (Å²) in [5.74, 6) is -0.285. The van der Waals surface area contributed by atoms with Gasteiger partial charge in [-0.1, -0.05) is 12.1 Å². The van der Waals surface area contributed by atoms with Gasteiger partial charge in [0.2, 0.25) is 0 Å². The van der Waals surface area contributed by atoms with Crippen molar-refractivity contribution >= 4 is 5.97 Å². The first-order valence-corrected chi connectivity index (χ1v) is 7.75. The molecule has 2 heterocycles. The molecule has 2 bridgehead atoms. The number of carbonyl (C=O) groups excluding carboxylic acids is 1. The van der Waals surface area contributed by atoms with Crippen LogP contribution in [0.15, 0.2) is 24.3 Å². The maximum Gasteiger partial charge on any atom is 0.337 e. The number of ether oxygens (including phenoxy) is 2. The molecule has 0 spiro atoms. The van der Waals surface area contributed by atoms with Crippen LogP contribution in [0.25, 0.3) is 0 Å². The van der Waals surface area contributed by atoms with Crippen LogP contribution in [0, 0.1) is 0 Å². The number of rotatable bonds is 4. The van der Waals surface area contributed by atoms with Gasteiger partial charge in [0.25, 0.3) is 0 Å². The Morgan fingerprint density at radius 3 is 2.81 bits per heavy atom. The van der Waals surface area contributed by atoms with Gasteiger partial charge in [-0.2, -0.15) is 0 Å². The van der Waals surface area contributed by atoms with E-state index in [0.29, 0.717) is 17.7 Å². The number of hydrogen-bond donors (Lipinski definition) is 1. The van der Waals surface area contributed by atoms with Crippen LogP contribution in [-0.4, -0.2) is 31.8 Å². The summed E-state index contributed by atoms with van der Waals surface area (Å²) >= 11 is 0. The summed E-state index contributed by atoms with van der Waals surface area (Å²) in [6.45, 7) is 2.83. The first-order chi connectivity index (χ1) is 10.2. The molecule has 3 rings (SSSR count). The molecule has 4 heteroatoms. The summed E-state index contributed by atoms with van der Waals surface area (Å²) in [6.07, 6.45) is 4.79. The summed E-state index contributed by atoms with van der Waals surface area (Å²) in [5.41, 5.74) is 1.86. The fourth-order valence-corrected chi connectivity index (χ4v) is 3.83. The van der Waals surface area contributed by atoms with E-state index in [2.05, 4.69) is 24.4 Å². The van der Waals surface area contributed by atoms with E-state index in [9.17, 15) is 4.79 Å². The molecule has 4 nitrogen and oxygen atoms in total. The van der Waals surface area contributed by atoms with E-state index in [1.54, 1.807) is 0 Å². The summed E-state index contributed by atoms with van der Waals surface area (Å²) in [6, 6.07) is 8.37. The summed E-state index contributed by atoms with van der Waals surface area (Å²) in [7, 11) is 1.41. The molecule has 0 aliphatic carbocycles. The van der Waals surface area contributed by atoms with Gasteiger partial charge in [0.05, 0.1) is 18.8 Å². The van der Waals surface area contributed by atoms with Crippen LogP contribution in [-0.2, 0) is 15.0 Å². The molecule has 2 aliphatic heterocycles. The second-order valence-electron chi connectivity index (χ2n) is 6.05. The molecule has 1 N–H and O–H groups in total. The van der Waals surface area contributed by atoms with Crippen molar-refractivity contribution in [3.63, 3.8) is 0 Å². The highest BCUT2D eigenvalue weighted by atomic mass is 16.5. The number of carbonyl (C=O) groups is 1. The molecule has 0 saturated carbocycles. The predicted molar refractivity (Wildman–Crippen MR) is 80.3 cm³/mol. The van der Waals surface area contributed by atoms with Gasteiger partial charge in [-0.25, -0.2) is 4.79 Å². The van der Waals surface area contributed by atoms with Crippen molar-refractivity contribution in [2.24, 2.45) is 0 Å². The quantitative estimate of drug-likeness (QED) is 0.866. The van der Waals surface area contributed by atoms with E-state index in [1.807, 2.05) is 12.1 Å². The largest absolute Gasteiger partial charge is 0.465 e. The number of fused-ring (bicyclic) bond motifs is 2. The molecular weight excluding hydrogens is 266 g/mol. The SMILES string of the molecule is CCO[C@H]1C[C@H]2CC[C@@](c3ccc(C(=O)OC)cc3)(C1)N2. The minimum Gasteiger partial charge on any atom is -0.465 e. The highest BCUT2D eigenvalue weighted by Gasteiger charge is 2.46. The lowest BCUT2D eigenvalue weighted by molar-refractivity contribution is 0.00870. The smallest absolute Gasteiger partial charge is 0.337 e. The fraction of sp³-hybridized carbons (Fsp3) is 0.588. The molecule has 3 atom stereocenters. The van der Waals surface area contributed by atoms with E-state index in [0.717, 1.165) is 25.9 Å². The number of hydrogen-bond acceptors (Lipinski definition) is 4. The van der Waals surface area contributed by atoms with Gasteiger partial charge in [-0.15, -0.1) is 0 Å². The number of nitrogens with one attached hydrogen (secondary N) is 1. The molecule has 1 aromatic rings. The van der Waals surface area contributed by atoms with Crippen molar-refractivity contribution in [2.45, 2.75) is 50.3 Å². The van der Waals surface area contributed by atoms with Gasteiger partial charge in [-0.05, 0) is 50.3 Å². The van der Waals surface area contributed by atoms with Gasteiger partial charge in [0.1, 0.15) is 0 Å². The average Bonchev–Trinajstić information content (AvgIpc) is 2.83. The van der Waals surface area contributed by atoms with Crippen molar-refractivity contribution in [1.29, 1.82) is 0 Å². The third kappa shape index (κ3) is 2.70. The van der Waals surface area contributed by atoms with E-state index < -0.39 is 0 Å². The average molecular weight is 289 g/mol. The second kappa shape index (κ2) is 5.78. The van der Waals surface area contributed by atoms with Gasteiger partial charge >= 0.3 is 5.97 Å². The van der Waals surface area contributed by atoms with Crippen LogP contribution in [0.5, 0.6) is 0 Å². The number of esters is 1. The van der Waals surface area contributed by atoms with Crippen LogP contribution in [0.3, 0.4) is 0 Å². The molecule has 0 unspecified atom stereocenters. The lowest BCUT2D eigenvalue weighted by Crippen LogP contribution is -2.49. The van der Waals surface area contributed by atoms with Gasteiger partial charge in [0, 0.05) is 18.2 Å². The Morgan fingerprint density at radius 1 is 1.38 bits per heavy atom.